The number of furan rings is 1. The van der Waals surface area contributed by atoms with Gasteiger partial charge in [-0.25, -0.2) is 0 Å². The van der Waals surface area contributed by atoms with Gasteiger partial charge in [0.1, 0.15) is 11.5 Å². The maximum atomic E-state index is 5.69. The summed E-state index contributed by atoms with van der Waals surface area (Å²) in [5.74, 6) is 1.74. The summed E-state index contributed by atoms with van der Waals surface area (Å²) < 4.78 is 12.9. The van der Waals surface area contributed by atoms with Crippen molar-refractivity contribution in [2.24, 2.45) is 0 Å². The Labute approximate surface area is 136 Å². The molecule has 5 heteroatoms. The number of ether oxygens (including phenoxy) is 1. The van der Waals surface area contributed by atoms with Crippen molar-refractivity contribution >= 4 is 31.9 Å². The highest BCUT2D eigenvalue weighted by Crippen LogP contribution is 2.33. The molecule has 0 aliphatic carbocycles. The van der Waals surface area contributed by atoms with Crippen LogP contribution < -0.4 is 10.1 Å². The van der Waals surface area contributed by atoms with Gasteiger partial charge in [-0.1, -0.05) is 28.9 Å². The second-order valence-electron chi connectivity index (χ2n) is 4.25. The molecule has 0 radical (unpaired) electrons. The number of hydrogen-bond donors (Lipinski definition) is 1. The SMILES string of the molecule is CCNC(c1ccc(Br)o1)c1ccc(OCC)cc1Br. The molecule has 0 aliphatic rings. The largest absolute Gasteiger partial charge is 0.494 e. The van der Waals surface area contributed by atoms with Crippen LogP contribution in [0.1, 0.15) is 31.2 Å². The lowest BCUT2D eigenvalue weighted by atomic mass is 10.0. The second-order valence-corrected chi connectivity index (χ2v) is 5.88. The lowest BCUT2D eigenvalue weighted by Gasteiger charge is -2.18. The van der Waals surface area contributed by atoms with Crippen molar-refractivity contribution in [2.75, 3.05) is 13.2 Å². The zero-order valence-electron chi connectivity index (χ0n) is 11.5. The molecule has 20 heavy (non-hydrogen) atoms. The molecule has 0 aliphatic heterocycles. The number of nitrogens with one attached hydrogen (secondary N) is 1. The first-order valence-corrected chi connectivity index (χ1v) is 8.15. The van der Waals surface area contributed by atoms with Crippen LogP contribution in [0.4, 0.5) is 0 Å². The molecule has 2 rings (SSSR count). The predicted octanol–water partition coefficient (Wildman–Crippen LogP) is 4.90. The van der Waals surface area contributed by atoms with E-state index in [0.717, 1.165) is 32.8 Å². The van der Waals surface area contributed by atoms with E-state index < -0.39 is 0 Å². The Morgan fingerprint density at radius 1 is 1.20 bits per heavy atom. The Balaban J connectivity index is 2.34. The van der Waals surface area contributed by atoms with Gasteiger partial charge in [-0.2, -0.15) is 0 Å². The lowest BCUT2D eigenvalue weighted by Crippen LogP contribution is -2.21. The van der Waals surface area contributed by atoms with Gasteiger partial charge in [0.05, 0.1) is 12.6 Å². The van der Waals surface area contributed by atoms with Gasteiger partial charge in [0.15, 0.2) is 4.67 Å². The van der Waals surface area contributed by atoms with Crippen LogP contribution in [-0.2, 0) is 0 Å². The molecular weight excluding hydrogens is 386 g/mol. The zero-order chi connectivity index (χ0) is 14.5. The van der Waals surface area contributed by atoms with Crippen LogP contribution in [0.15, 0.2) is 43.9 Å². The van der Waals surface area contributed by atoms with Crippen molar-refractivity contribution in [1.82, 2.24) is 5.32 Å². The van der Waals surface area contributed by atoms with E-state index in [0.29, 0.717) is 6.61 Å². The van der Waals surface area contributed by atoms with Crippen LogP contribution >= 0.6 is 31.9 Å². The van der Waals surface area contributed by atoms with Crippen LogP contribution in [0, 0.1) is 0 Å². The zero-order valence-corrected chi connectivity index (χ0v) is 14.6. The van der Waals surface area contributed by atoms with Gasteiger partial charge >= 0.3 is 0 Å². The molecule has 108 valence electrons. The monoisotopic (exact) mass is 401 g/mol. The van der Waals surface area contributed by atoms with Gasteiger partial charge in [-0.3, -0.25) is 0 Å². The Morgan fingerprint density at radius 3 is 2.55 bits per heavy atom. The number of rotatable bonds is 6. The third kappa shape index (κ3) is 3.65. The van der Waals surface area contributed by atoms with Crippen molar-refractivity contribution in [3.05, 3.63) is 50.8 Å². The fraction of sp³-hybridized carbons (Fsp3) is 0.333. The summed E-state index contributed by atoms with van der Waals surface area (Å²) >= 11 is 6.97. The average Bonchev–Trinajstić information content (AvgIpc) is 2.84. The van der Waals surface area contributed by atoms with E-state index in [2.05, 4.69) is 50.2 Å². The Kier molecular flexibility index (Phi) is 5.69. The van der Waals surface area contributed by atoms with Gasteiger partial charge in [-0.15, -0.1) is 0 Å². The summed E-state index contributed by atoms with van der Waals surface area (Å²) in [6.07, 6.45) is 0. The lowest BCUT2D eigenvalue weighted by molar-refractivity contribution is 0.339. The summed E-state index contributed by atoms with van der Waals surface area (Å²) in [6.45, 7) is 5.56. The van der Waals surface area contributed by atoms with Crippen LogP contribution in [0.3, 0.4) is 0 Å². The highest BCUT2D eigenvalue weighted by atomic mass is 79.9. The van der Waals surface area contributed by atoms with E-state index >= 15 is 0 Å². The van der Waals surface area contributed by atoms with Crippen molar-refractivity contribution in [3.8, 4) is 5.75 Å². The van der Waals surface area contributed by atoms with Gasteiger partial charge in [0.2, 0.25) is 0 Å². The summed E-state index contributed by atoms with van der Waals surface area (Å²) in [4.78, 5) is 0. The molecular formula is C15H17Br2NO2. The molecule has 0 amide bonds. The standard InChI is InChI=1S/C15H17Br2NO2/c1-3-18-15(13-7-8-14(17)20-13)11-6-5-10(19-4-2)9-12(11)16/h5-9,15,18H,3-4H2,1-2H3. The molecule has 1 atom stereocenters. The van der Waals surface area contributed by atoms with Gasteiger partial charge in [0, 0.05) is 4.47 Å². The molecule has 3 nitrogen and oxygen atoms in total. The van der Waals surface area contributed by atoms with E-state index in [4.69, 9.17) is 9.15 Å². The van der Waals surface area contributed by atoms with Crippen LogP contribution in [0.25, 0.3) is 0 Å². The Hall–Kier alpha value is -0.780. The van der Waals surface area contributed by atoms with Crippen LogP contribution in [0.5, 0.6) is 5.75 Å². The predicted molar refractivity (Wildman–Crippen MR) is 87.2 cm³/mol. The minimum absolute atomic E-state index is 0.0105. The third-order valence-electron chi connectivity index (χ3n) is 2.88. The summed E-state index contributed by atoms with van der Waals surface area (Å²) in [6, 6.07) is 9.91. The van der Waals surface area contributed by atoms with E-state index in [-0.39, 0.29) is 6.04 Å². The average molecular weight is 403 g/mol. The van der Waals surface area contributed by atoms with E-state index in [1.165, 1.54) is 0 Å². The van der Waals surface area contributed by atoms with Crippen molar-refractivity contribution in [3.63, 3.8) is 0 Å². The Morgan fingerprint density at radius 2 is 2.00 bits per heavy atom. The first kappa shape index (κ1) is 15.6. The van der Waals surface area contributed by atoms with E-state index in [1.807, 2.05) is 31.2 Å². The summed E-state index contributed by atoms with van der Waals surface area (Å²) in [5, 5.41) is 3.44. The first-order chi connectivity index (χ1) is 9.65. The molecule has 0 spiro atoms. The number of hydrogen-bond acceptors (Lipinski definition) is 3. The molecule has 1 unspecified atom stereocenters. The van der Waals surface area contributed by atoms with Crippen LogP contribution in [0.2, 0.25) is 0 Å². The van der Waals surface area contributed by atoms with Gasteiger partial charge in [0.25, 0.3) is 0 Å². The quantitative estimate of drug-likeness (QED) is 0.745. The second kappa shape index (κ2) is 7.29. The highest BCUT2D eigenvalue weighted by molar-refractivity contribution is 9.10. The highest BCUT2D eigenvalue weighted by Gasteiger charge is 2.19. The molecule has 1 aromatic heterocycles. The molecule has 1 N–H and O–H groups in total. The molecule has 0 saturated carbocycles. The molecule has 0 saturated heterocycles. The first-order valence-electron chi connectivity index (χ1n) is 6.56. The summed E-state index contributed by atoms with van der Waals surface area (Å²) in [7, 11) is 0. The fourth-order valence-electron chi connectivity index (χ4n) is 2.05. The maximum absolute atomic E-state index is 5.69. The number of halogens is 2. The summed E-state index contributed by atoms with van der Waals surface area (Å²) in [5.41, 5.74) is 1.12. The topological polar surface area (TPSA) is 34.4 Å². The molecule has 2 aromatic rings. The fourth-order valence-corrected chi connectivity index (χ4v) is 2.96. The third-order valence-corrected chi connectivity index (χ3v) is 3.99. The van der Waals surface area contributed by atoms with E-state index in [1.54, 1.807) is 0 Å². The molecule has 0 bridgehead atoms. The Bertz CT molecular complexity index is 569. The minimum Gasteiger partial charge on any atom is -0.494 e. The van der Waals surface area contributed by atoms with Crippen molar-refractivity contribution in [1.29, 1.82) is 0 Å². The maximum Gasteiger partial charge on any atom is 0.169 e. The molecule has 0 fully saturated rings. The smallest absolute Gasteiger partial charge is 0.169 e. The van der Waals surface area contributed by atoms with E-state index in [9.17, 15) is 0 Å². The van der Waals surface area contributed by atoms with Crippen LogP contribution in [-0.4, -0.2) is 13.2 Å². The normalized spacial score (nSPS) is 12.4. The molecule has 1 aromatic carbocycles. The van der Waals surface area contributed by atoms with Crippen molar-refractivity contribution in [2.45, 2.75) is 19.9 Å². The number of benzene rings is 1. The van der Waals surface area contributed by atoms with Crippen molar-refractivity contribution < 1.29 is 9.15 Å². The van der Waals surface area contributed by atoms with Gasteiger partial charge in [-0.05, 0) is 59.2 Å². The molecule has 1 heterocycles. The van der Waals surface area contributed by atoms with Gasteiger partial charge < -0.3 is 14.5 Å². The minimum atomic E-state index is 0.0105.